The lowest BCUT2D eigenvalue weighted by Gasteiger charge is -2.22. The van der Waals surface area contributed by atoms with Gasteiger partial charge in [0.25, 0.3) is 0 Å². The number of hydrogen-bond donors (Lipinski definition) is 0. The largest absolute Gasteiger partial charge is 0.331 e. The van der Waals surface area contributed by atoms with Gasteiger partial charge in [-0.3, -0.25) is 4.99 Å². The first-order valence-electron chi connectivity index (χ1n) is 19.3. The minimum Gasteiger partial charge on any atom is -0.331 e. The Labute approximate surface area is 321 Å². The predicted molar refractivity (Wildman–Crippen MR) is 230 cm³/mol. The molecule has 55 heavy (non-hydrogen) atoms. The van der Waals surface area contributed by atoms with Gasteiger partial charge in [0.1, 0.15) is 5.84 Å². The normalized spacial score (nSPS) is 16.4. The number of rotatable bonds is 5. The fraction of sp³-hybridized carbons (Fsp3) is 0.0962. The third-order valence-corrected chi connectivity index (χ3v) is 12.1. The summed E-state index contributed by atoms with van der Waals surface area (Å²) in [4.78, 5) is 7.20. The third kappa shape index (κ3) is 5.00. The first-order valence-corrected chi connectivity index (χ1v) is 19.3. The second-order valence-electron chi connectivity index (χ2n) is 15.6. The molecule has 7 aromatic carbocycles. The fourth-order valence-electron chi connectivity index (χ4n) is 9.28. The number of hydrogen-bond acceptors (Lipinski definition) is 2. The number of nitrogens with zero attached hydrogens (tertiary/aromatic N) is 3. The van der Waals surface area contributed by atoms with Gasteiger partial charge in [-0.15, -0.1) is 0 Å². The molecule has 0 saturated heterocycles. The molecule has 3 heteroatoms. The smallest absolute Gasteiger partial charge is 0.128 e. The standard InChI is InChI=1S/C52H39N3/c1-52(2)45-18-10-9-17-42(45)43-27-26-41(32-46(43)52)55-48-31-39-25-24-38(34-20-22-35(23-21-34)47-33-54-28-12-11-19-49(54)53-47)29-40(39)30-44(48)50(36-13-5-3-6-14-36)51(55)37-15-7-4-8-16-37/h3-32,47H,33H2,1-2H3. The minimum absolute atomic E-state index is 0.100. The van der Waals surface area contributed by atoms with Gasteiger partial charge in [0.15, 0.2) is 0 Å². The van der Waals surface area contributed by atoms with Gasteiger partial charge >= 0.3 is 0 Å². The van der Waals surface area contributed by atoms with Gasteiger partial charge in [-0.2, -0.15) is 0 Å². The van der Waals surface area contributed by atoms with Crippen LogP contribution in [-0.2, 0) is 5.41 Å². The van der Waals surface area contributed by atoms with Crippen LogP contribution in [0, 0.1) is 0 Å². The van der Waals surface area contributed by atoms with Crippen LogP contribution < -0.4 is 0 Å². The van der Waals surface area contributed by atoms with E-state index in [4.69, 9.17) is 4.99 Å². The maximum Gasteiger partial charge on any atom is 0.128 e. The fourth-order valence-corrected chi connectivity index (χ4v) is 9.28. The number of fused-ring (bicyclic) bond motifs is 6. The van der Waals surface area contributed by atoms with E-state index in [0.717, 1.165) is 12.4 Å². The lowest BCUT2D eigenvalue weighted by atomic mass is 9.82. The molecule has 1 aromatic heterocycles. The highest BCUT2D eigenvalue weighted by Gasteiger charge is 2.36. The molecule has 0 N–H and O–H groups in total. The van der Waals surface area contributed by atoms with Gasteiger partial charge in [-0.1, -0.05) is 147 Å². The summed E-state index contributed by atoms with van der Waals surface area (Å²) >= 11 is 0. The van der Waals surface area contributed by atoms with E-state index in [9.17, 15) is 0 Å². The average molecular weight is 706 g/mol. The van der Waals surface area contributed by atoms with E-state index in [1.54, 1.807) is 0 Å². The Bertz CT molecular complexity index is 2910. The number of benzene rings is 7. The van der Waals surface area contributed by atoms with Gasteiger partial charge in [-0.05, 0) is 103 Å². The van der Waals surface area contributed by atoms with E-state index in [-0.39, 0.29) is 11.5 Å². The van der Waals surface area contributed by atoms with Crippen molar-refractivity contribution in [3.63, 3.8) is 0 Å². The van der Waals surface area contributed by atoms with Crippen molar-refractivity contribution in [2.75, 3.05) is 6.54 Å². The molecule has 1 unspecified atom stereocenters. The zero-order valence-electron chi connectivity index (χ0n) is 30.9. The highest BCUT2D eigenvalue weighted by molar-refractivity contribution is 6.11. The number of amidine groups is 1. The molecular formula is C52H39N3. The Hall–Kier alpha value is -6.71. The average Bonchev–Trinajstić information content (AvgIpc) is 3.89. The van der Waals surface area contributed by atoms with Crippen molar-refractivity contribution in [1.82, 2.24) is 9.47 Å². The molecule has 2 aliphatic heterocycles. The van der Waals surface area contributed by atoms with Crippen LogP contribution in [-0.4, -0.2) is 21.8 Å². The number of aliphatic imine (C=N–C) groups is 1. The van der Waals surface area contributed by atoms with E-state index in [1.165, 1.54) is 88.7 Å². The molecular weight excluding hydrogens is 667 g/mol. The topological polar surface area (TPSA) is 20.5 Å². The van der Waals surface area contributed by atoms with E-state index < -0.39 is 0 Å². The van der Waals surface area contributed by atoms with Crippen molar-refractivity contribution in [2.45, 2.75) is 25.3 Å². The molecule has 3 heterocycles. The van der Waals surface area contributed by atoms with Crippen LogP contribution in [0.4, 0.5) is 0 Å². The molecule has 11 rings (SSSR count). The molecule has 1 atom stereocenters. The Kier molecular flexibility index (Phi) is 7.03. The molecule has 0 radical (unpaired) electrons. The Morgan fingerprint density at radius 3 is 2.11 bits per heavy atom. The van der Waals surface area contributed by atoms with Crippen molar-refractivity contribution in [3.05, 3.63) is 199 Å². The van der Waals surface area contributed by atoms with Crippen LogP contribution >= 0.6 is 0 Å². The highest BCUT2D eigenvalue weighted by Crippen LogP contribution is 2.50. The van der Waals surface area contributed by atoms with Crippen LogP contribution in [0.5, 0.6) is 0 Å². The molecule has 0 saturated carbocycles. The quantitative estimate of drug-likeness (QED) is 0.175. The predicted octanol–water partition coefficient (Wildman–Crippen LogP) is 12.9. The molecule has 0 fully saturated rings. The summed E-state index contributed by atoms with van der Waals surface area (Å²) in [7, 11) is 0. The SMILES string of the molecule is CC1(C)c2ccccc2-c2ccc(-n3c(-c4ccccc4)c(-c4ccccc4)c4cc5cc(-c6ccc(C7CN8C=CC=CC8=N7)cc6)ccc5cc43)cc21. The van der Waals surface area contributed by atoms with E-state index in [1.807, 2.05) is 0 Å². The van der Waals surface area contributed by atoms with Crippen LogP contribution in [0.25, 0.3) is 72.0 Å². The summed E-state index contributed by atoms with van der Waals surface area (Å²) in [6.45, 7) is 5.61. The highest BCUT2D eigenvalue weighted by atomic mass is 15.2. The summed E-state index contributed by atoms with van der Waals surface area (Å²) < 4.78 is 2.52. The van der Waals surface area contributed by atoms with E-state index in [0.29, 0.717) is 0 Å². The summed E-state index contributed by atoms with van der Waals surface area (Å²) in [5.41, 5.74) is 16.2. The monoisotopic (exact) mass is 705 g/mol. The van der Waals surface area contributed by atoms with Gasteiger partial charge in [0.2, 0.25) is 0 Å². The summed E-state index contributed by atoms with van der Waals surface area (Å²) in [5.74, 6) is 1.04. The van der Waals surface area contributed by atoms with Crippen molar-refractivity contribution < 1.29 is 0 Å². The van der Waals surface area contributed by atoms with Crippen LogP contribution in [0.15, 0.2) is 187 Å². The lowest BCUT2D eigenvalue weighted by Crippen LogP contribution is -2.21. The van der Waals surface area contributed by atoms with E-state index in [2.05, 4.69) is 205 Å². The van der Waals surface area contributed by atoms with Crippen LogP contribution in [0.2, 0.25) is 0 Å². The molecule has 3 nitrogen and oxygen atoms in total. The maximum atomic E-state index is 4.97. The maximum absolute atomic E-state index is 4.97. The Balaban J connectivity index is 1.09. The molecule has 1 aliphatic carbocycles. The molecule has 0 amide bonds. The second kappa shape index (κ2) is 12.2. The van der Waals surface area contributed by atoms with Gasteiger partial charge in [0, 0.05) is 28.3 Å². The number of allylic oxidation sites excluding steroid dienone is 2. The molecule has 3 aliphatic rings. The van der Waals surface area contributed by atoms with Gasteiger partial charge in [0.05, 0.1) is 23.8 Å². The summed E-state index contributed by atoms with van der Waals surface area (Å²) in [6, 6.07) is 58.8. The second-order valence-corrected chi connectivity index (χ2v) is 15.6. The van der Waals surface area contributed by atoms with Crippen molar-refractivity contribution >= 4 is 27.5 Å². The van der Waals surface area contributed by atoms with Gasteiger partial charge in [-0.25, -0.2) is 0 Å². The summed E-state index contributed by atoms with van der Waals surface area (Å²) in [6.07, 6.45) is 8.34. The summed E-state index contributed by atoms with van der Waals surface area (Å²) in [5, 5.41) is 3.69. The molecule has 262 valence electrons. The Morgan fingerprint density at radius 2 is 1.31 bits per heavy atom. The van der Waals surface area contributed by atoms with Gasteiger partial charge < -0.3 is 9.47 Å². The zero-order valence-corrected chi connectivity index (χ0v) is 30.9. The van der Waals surface area contributed by atoms with Crippen molar-refractivity contribution in [2.24, 2.45) is 4.99 Å². The molecule has 8 aromatic rings. The van der Waals surface area contributed by atoms with Crippen molar-refractivity contribution in [3.8, 4) is 50.3 Å². The Morgan fingerprint density at radius 1 is 0.582 bits per heavy atom. The minimum atomic E-state index is -0.100. The first kappa shape index (κ1) is 31.8. The number of aromatic nitrogens is 1. The lowest BCUT2D eigenvalue weighted by molar-refractivity contribution is 0.550. The van der Waals surface area contributed by atoms with Crippen LogP contribution in [0.3, 0.4) is 0 Å². The molecule has 0 bridgehead atoms. The van der Waals surface area contributed by atoms with Crippen molar-refractivity contribution in [1.29, 1.82) is 0 Å². The van der Waals surface area contributed by atoms with Crippen LogP contribution in [0.1, 0.15) is 36.6 Å². The molecule has 0 spiro atoms. The zero-order chi connectivity index (χ0) is 36.7. The first-order chi connectivity index (χ1) is 27.0. The third-order valence-electron chi connectivity index (χ3n) is 12.1. The van der Waals surface area contributed by atoms with E-state index >= 15 is 0 Å².